The highest BCUT2D eigenvalue weighted by atomic mass is 32.1. The molecule has 156 valence electrons. The van der Waals surface area contributed by atoms with Gasteiger partial charge in [0.25, 0.3) is 0 Å². The molecule has 1 saturated heterocycles. The van der Waals surface area contributed by atoms with Gasteiger partial charge >= 0.3 is 0 Å². The second-order valence-corrected chi connectivity index (χ2v) is 9.12. The van der Waals surface area contributed by atoms with Crippen LogP contribution in [0.3, 0.4) is 0 Å². The molecule has 5 nitrogen and oxygen atoms in total. The molecule has 7 heteroatoms. The lowest BCUT2D eigenvalue weighted by Gasteiger charge is -2.31. The molecular weight excluding hydrogens is 411 g/mol. The van der Waals surface area contributed by atoms with E-state index in [2.05, 4.69) is 81.1 Å². The number of hydrogen-bond donors (Lipinski definition) is 3. The lowest BCUT2D eigenvalue weighted by atomic mass is 10.3. The maximum Gasteiger partial charge on any atom is 0.248 e. The van der Waals surface area contributed by atoms with Crippen molar-refractivity contribution in [2.45, 2.75) is 5.50 Å². The molecule has 4 rings (SSSR count). The molecule has 1 unspecified atom stereocenters. The van der Waals surface area contributed by atoms with E-state index in [1.54, 1.807) is 0 Å². The Morgan fingerprint density at radius 1 is 0.800 bits per heavy atom. The Morgan fingerprint density at radius 3 is 1.83 bits per heavy atom. The van der Waals surface area contributed by atoms with Crippen LogP contribution in [0.5, 0.6) is 0 Å². The van der Waals surface area contributed by atoms with Gasteiger partial charge in [-0.2, -0.15) is 0 Å². The second kappa shape index (κ2) is 10.7. The van der Waals surface area contributed by atoms with Gasteiger partial charge in [-0.15, -0.1) is 12.6 Å². The molecule has 3 aromatic carbocycles. The number of nitrogens with zero attached hydrogens (tertiary/aromatic N) is 2. The summed E-state index contributed by atoms with van der Waals surface area (Å²) in [6.45, 7) is 3.20. The van der Waals surface area contributed by atoms with Crippen LogP contribution in [0.2, 0.25) is 0 Å². The number of nitrogens with one attached hydrogen (secondary N) is 2. The van der Waals surface area contributed by atoms with Crippen LogP contribution in [0.15, 0.2) is 91.0 Å². The standard InChI is InChI=1S/C23H27N4OPS/c30-23(25-20-10-4-1-5-11-20)24-16-19-28-29-26(21-12-6-2-7-13-21)17-18-27(29)22-14-8-3-9-15-22/h1-15,23-25,30H,16-19H2. The van der Waals surface area contributed by atoms with Crippen molar-refractivity contribution >= 4 is 38.1 Å². The SMILES string of the molecule is SC(NCCOP1N(c2ccccc2)CCN1c1ccccc1)Nc1ccccc1. The van der Waals surface area contributed by atoms with Crippen molar-refractivity contribution < 1.29 is 4.52 Å². The average Bonchev–Trinajstić information content (AvgIpc) is 3.22. The van der Waals surface area contributed by atoms with Gasteiger partial charge in [0.2, 0.25) is 8.45 Å². The minimum atomic E-state index is -0.922. The van der Waals surface area contributed by atoms with Gasteiger partial charge in [0.1, 0.15) is 5.50 Å². The van der Waals surface area contributed by atoms with Crippen molar-refractivity contribution in [3.63, 3.8) is 0 Å². The van der Waals surface area contributed by atoms with Gasteiger partial charge in [0.15, 0.2) is 0 Å². The van der Waals surface area contributed by atoms with E-state index in [1.165, 1.54) is 11.4 Å². The number of thiol groups is 1. The van der Waals surface area contributed by atoms with Gasteiger partial charge in [-0.1, -0.05) is 54.6 Å². The maximum absolute atomic E-state index is 6.43. The van der Waals surface area contributed by atoms with Gasteiger partial charge in [0.05, 0.1) is 6.61 Å². The van der Waals surface area contributed by atoms with E-state index < -0.39 is 8.45 Å². The number of benzene rings is 3. The van der Waals surface area contributed by atoms with Crippen LogP contribution in [-0.4, -0.2) is 31.7 Å². The van der Waals surface area contributed by atoms with Crippen LogP contribution >= 0.6 is 21.1 Å². The van der Waals surface area contributed by atoms with Crippen molar-refractivity contribution in [1.82, 2.24) is 5.32 Å². The third-order valence-corrected chi connectivity index (χ3v) is 7.18. The van der Waals surface area contributed by atoms with Gasteiger partial charge in [0, 0.05) is 36.7 Å². The predicted molar refractivity (Wildman–Crippen MR) is 131 cm³/mol. The summed E-state index contributed by atoms with van der Waals surface area (Å²) >= 11 is 4.58. The topological polar surface area (TPSA) is 39.8 Å². The fraction of sp³-hybridized carbons (Fsp3) is 0.217. The summed E-state index contributed by atoms with van der Waals surface area (Å²) < 4.78 is 11.2. The zero-order valence-electron chi connectivity index (χ0n) is 16.8. The highest BCUT2D eigenvalue weighted by Crippen LogP contribution is 2.53. The molecule has 0 amide bonds. The molecule has 3 aromatic rings. The Balaban J connectivity index is 1.36. The number of para-hydroxylation sites is 3. The summed E-state index contributed by atoms with van der Waals surface area (Å²) in [4.78, 5) is 0. The van der Waals surface area contributed by atoms with Crippen LogP contribution in [0.4, 0.5) is 17.1 Å². The lowest BCUT2D eigenvalue weighted by molar-refractivity contribution is 0.346. The van der Waals surface area contributed by atoms with Gasteiger partial charge in [-0.25, -0.2) is 0 Å². The van der Waals surface area contributed by atoms with Crippen molar-refractivity contribution in [3.05, 3.63) is 91.0 Å². The second-order valence-electron chi connectivity index (χ2n) is 6.87. The molecule has 1 aliphatic heterocycles. The van der Waals surface area contributed by atoms with E-state index in [9.17, 15) is 0 Å². The minimum absolute atomic E-state index is 0.136. The average molecular weight is 439 g/mol. The quantitative estimate of drug-likeness (QED) is 0.186. The highest BCUT2D eigenvalue weighted by Gasteiger charge is 2.34. The van der Waals surface area contributed by atoms with E-state index >= 15 is 0 Å². The summed E-state index contributed by atoms with van der Waals surface area (Å²) in [7, 11) is -0.922. The number of hydrogen-bond acceptors (Lipinski definition) is 6. The van der Waals surface area contributed by atoms with Crippen LogP contribution < -0.4 is 20.0 Å². The summed E-state index contributed by atoms with van der Waals surface area (Å²) in [6.07, 6.45) is 0. The van der Waals surface area contributed by atoms with E-state index in [-0.39, 0.29) is 5.50 Å². The predicted octanol–water partition coefficient (Wildman–Crippen LogP) is 5.17. The maximum atomic E-state index is 6.43. The Bertz CT molecular complexity index is 840. The van der Waals surface area contributed by atoms with E-state index in [0.29, 0.717) is 13.2 Å². The normalized spacial score (nSPS) is 15.4. The van der Waals surface area contributed by atoms with Gasteiger partial charge in [-0.3, -0.25) is 5.32 Å². The summed E-state index contributed by atoms with van der Waals surface area (Å²) in [5.74, 6) is 0. The van der Waals surface area contributed by atoms with E-state index in [4.69, 9.17) is 4.52 Å². The molecule has 1 aliphatic rings. The molecule has 1 atom stereocenters. The lowest BCUT2D eigenvalue weighted by Crippen LogP contribution is -2.34. The molecular formula is C23H27N4OPS. The first kappa shape index (κ1) is 21.0. The first-order chi connectivity index (χ1) is 14.8. The fourth-order valence-corrected chi connectivity index (χ4v) is 5.61. The Morgan fingerprint density at radius 2 is 1.30 bits per heavy atom. The molecule has 1 fully saturated rings. The molecule has 30 heavy (non-hydrogen) atoms. The molecule has 1 heterocycles. The Labute approximate surface area is 185 Å². The molecule has 0 aromatic heterocycles. The molecule has 0 bridgehead atoms. The first-order valence-corrected chi connectivity index (χ1v) is 11.8. The third-order valence-electron chi connectivity index (χ3n) is 4.77. The minimum Gasteiger partial charge on any atom is -0.362 e. The van der Waals surface area contributed by atoms with Crippen LogP contribution in [0.1, 0.15) is 0 Å². The van der Waals surface area contributed by atoms with Crippen LogP contribution in [0, 0.1) is 0 Å². The van der Waals surface area contributed by atoms with Crippen molar-refractivity contribution in [2.24, 2.45) is 0 Å². The monoisotopic (exact) mass is 438 g/mol. The zero-order chi connectivity index (χ0) is 20.6. The molecule has 2 N–H and O–H groups in total. The Hall–Kier alpha value is -2.24. The van der Waals surface area contributed by atoms with Crippen LogP contribution in [-0.2, 0) is 4.52 Å². The first-order valence-electron chi connectivity index (χ1n) is 10.1. The molecule has 0 spiro atoms. The molecule has 0 radical (unpaired) electrons. The summed E-state index contributed by atoms with van der Waals surface area (Å²) in [5, 5.41) is 6.69. The zero-order valence-corrected chi connectivity index (χ0v) is 18.6. The summed E-state index contributed by atoms with van der Waals surface area (Å²) in [5.41, 5.74) is 3.31. The van der Waals surface area contributed by atoms with Gasteiger partial charge < -0.3 is 19.2 Å². The number of anilines is 3. The molecule has 0 aliphatic carbocycles. The smallest absolute Gasteiger partial charge is 0.248 e. The fourth-order valence-electron chi connectivity index (χ4n) is 3.35. The van der Waals surface area contributed by atoms with Crippen molar-refractivity contribution in [1.29, 1.82) is 0 Å². The van der Waals surface area contributed by atoms with Gasteiger partial charge in [-0.05, 0) is 36.4 Å². The Kier molecular flexibility index (Phi) is 7.49. The van der Waals surface area contributed by atoms with Crippen molar-refractivity contribution in [3.8, 4) is 0 Å². The third kappa shape index (κ3) is 5.46. The molecule has 0 saturated carbocycles. The largest absolute Gasteiger partial charge is 0.362 e. The highest BCUT2D eigenvalue weighted by molar-refractivity contribution is 7.81. The van der Waals surface area contributed by atoms with Crippen LogP contribution in [0.25, 0.3) is 0 Å². The summed E-state index contributed by atoms with van der Waals surface area (Å²) in [6, 6.07) is 31.1. The van der Waals surface area contributed by atoms with E-state index in [1.807, 2.05) is 42.5 Å². The van der Waals surface area contributed by atoms with E-state index in [0.717, 1.165) is 18.8 Å². The van der Waals surface area contributed by atoms with Crippen molar-refractivity contribution in [2.75, 3.05) is 40.9 Å². The number of rotatable bonds is 9.